The number of hydrogen-bond donors (Lipinski definition) is 1. The van der Waals surface area contributed by atoms with Gasteiger partial charge < -0.3 is 14.8 Å². The maximum absolute atomic E-state index is 5.76. The summed E-state index contributed by atoms with van der Waals surface area (Å²) >= 11 is 0. The summed E-state index contributed by atoms with van der Waals surface area (Å²) in [4.78, 5) is 0. The summed E-state index contributed by atoms with van der Waals surface area (Å²) in [5.41, 5.74) is 0. The summed E-state index contributed by atoms with van der Waals surface area (Å²) in [6, 6.07) is 0.740. The van der Waals surface area contributed by atoms with Gasteiger partial charge in [-0.15, -0.1) is 0 Å². The van der Waals surface area contributed by atoms with Gasteiger partial charge in [0.2, 0.25) is 0 Å². The van der Waals surface area contributed by atoms with E-state index in [4.69, 9.17) is 9.47 Å². The van der Waals surface area contributed by atoms with Crippen molar-refractivity contribution in [3.05, 3.63) is 0 Å². The molecule has 0 bridgehead atoms. The van der Waals surface area contributed by atoms with E-state index < -0.39 is 0 Å². The summed E-state index contributed by atoms with van der Waals surface area (Å²) in [5, 5.41) is 3.39. The van der Waals surface area contributed by atoms with Crippen LogP contribution >= 0.6 is 0 Å². The van der Waals surface area contributed by atoms with Crippen molar-refractivity contribution in [1.29, 1.82) is 0 Å². The number of rotatable bonds is 1. The molecule has 1 spiro atoms. The second-order valence-electron chi connectivity index (χ2n) is 4.99. The Hall–Kier alpha value is -0.120. The van der Waals surface area contributed by atoms with Crippen LogP contribution in [0.5, 0.6) is 0 Å². The van der Waals surface area contributed by atoms with Gasteiger partial charge >= 0.3 is 0 Å². The summed E-state index contributed by atoms with van der Waals surface area (Å²) in [6.45, 7) is 1.60. The van der Waals surface area contributed by atoms with Gasteiger partial charge in [0.25, 0.3) is 0 Å². The van der Waals surface area contributed by atoms with Crippen molar-refractivity contribution >= 4 is 0 Å². The van der Waals surface area contributed by atoms with Crippen LogP contribution in [0.3, 0.4) is 0 Å². The largest absolute Gasteiger partial charge is 0.348 e. The predicted octanol–water partition coefficient (Wildman–Crippen LogP) is 1.14. The molecule has 1 aliphatic heterocycles. The molecule has 2 atom stereocenters. The van der Waals surface area contributed by atoms with Crippen molar-refractivity contribution in [2.75, 3.05) is 20.3 Å². The Kier molecular flexibility index (Phi) is 2.08. The fraction of sp³-hybridized carbons (Fsp3) is 1.00. The SMILES string of the molecule is CNC1CC2CC3(CC2C1)OCCO3. The van der Waals surface area contributed by atoms with E-state index in [-0.39, 0.29) is 5.79 Å². The third kappa shape index (κ3) is 1.30. The van der Waals surface area contributed by atoms with Crippen molar-refractivity contribution in [2.24, 2.45) is 11.8 Å². The van der Waals surface area contributed by atoms with Gasteiger partial charge in [0.15, 0.2) is 5.79 Å². The lowest BCUT2D eigenvalue weighted by Crippen LogP contribution is -2.29. The van der Waals surface area contributed by atoms with E-state index in [1.807, 2.05) is 0 Å². The molecule has 0 aromatic carbocycles. The molecule has 3 aliphatic rings. The van der Waals surface area contributed by atoms with Crippen LogP contribution in [0, 0.1) is 11.8 Å². The maximum Gasteiger partial charge on any atom is 0.169 e. The lowest BCUT2D eigenvalue weighted by Gasteiger charge is -2.23. The van der Waals surface area contributed by atoms with E-state index in [0.717, 1.165) is 43.9 Å². The molecule has 2 saturated carbocycles. The Morgan fingerprint density at radius 1 is 1.07 bits per heavy atom. The van der Waals surface area contributed by atoms with Crippen LogP contribution in [0.25, 0.3) is 0 Å². The van der Waals surface area contributed by atoms with Crippen molar-refractivity contribution in [3.8, 4) is 0 Å². The van der Waals surface area contributed by atoms with Crippen molar-refractivity contribution < 1.29 is 9.47 Å². The molecule has 3 heteroatoms. The van der Waals surface area contributed by atoms with Crippen LogP contribution in [-0.4, -0.2) is 32.1 Å². The third-order valence-corrected chi connectivity index (χ3v) is 4.21. The zero-order chi connectivity index (χ0) is 9.60. The molecule has 2 unspecified atom stereocenters. The zero-order valence-corrected chi connectivity index (χ0v) is 8.79. The highest BCUT2D eigenvalue weighted by Gasteiger charge is 2.52. The number of fused-ring (bicyclic) bond motifs is 1. The molecule has 2 aliphatic carbocycles. The monoisotopic (exact) mass is 197 g/mol. The molecule has 0 aromatic heterocycles. The van der Waals surface area contributed by atoms with E-state index in [1.54, 1.807) is 0 Å². The van der Waals surface area contributed by atoms with Gasteiger partial charge in [0.1, 0.15) is 0 Å². The van der Waals surface area contributed by atoms with E-state index >= 15 is 0 Å². The first-order chi connectivity index (χ1) is 6.81. The first kappa shape index (κ1) is 9.13. The van der Waals surface area contributed by atoms with Crippen LogP contribution in [0.1, 0.15) is 25.7 Å². The van der Waals surface area contributed by atoms with Gasteiger partial charge in [-0.05, 0) is 31.7 Å². The molecule has 1 heterocycles. The summed E-state index contributed by atoms with van der Waals surface area (Å²) < 4.78 is 11.5. The van der Waals surface area contributed by atoms with Gasteiger partial charge in [-0.2, -0.15) is 0 Å². The van der Waals surface area contributed by atoms with Gasteiger partial charge in [0.05, 0.1) is 13.2 Å². The quantitative estimate of drug-likeness (QED) is 0.683. The molecule has 0 radical (unpaired) electrons. The molecular formula is C11H19NO2. The Balaban J connectivity index is 1.68. The number of ether oxygens (including phenoxy) is 2. The zero-order valence-electron chi connectivity index (χ0n) is 8.79. The Labute approximate surface area is 85.1 Å². The maximum atomic E-state index is 5.76. The third-order valence-electron chi connectivity index (χ3n) is 4.21. The highest BCUT2D eigenvalue weighted by atomic mass is 16.7. The topological polar surface area (TPSA) is 30.5 Å². The first-order valence-electron chi connectivity index (χ1n) is 5.76. The lowest BCUT2D eigenvalue weighted by atomic mass is 10.0. The summed E-state index contributed by atoms with van der Waals surface area (Å²) in [6.07, 6.45) is 4.90. The van der Waals surface area contributed by atoms with Gasteiger partial charge in [-0.1, -0.05) is 0 Å². The number of nitrogens with one attached hydrogen (secondary N) is 1. The molecule has 3 rings (SSSR count). The normalized spacial score (nSPS) is 44.8. The molecule has 3 nitrogen and oxygen atoms in total. The highest BCUT2D eigenvalue weighted by Crippen LogP contribution is 2.51. The summed E-state index contributed by atoms with van der Waals surface area (Å²) in [5.74, 6) is 1.52. The molecule has 80 valence electrons. The molecule has 1 N–H and O–H groups in total. The fourth-order valence-electron chi connectivity index (χ4n) is 3.56. The molecular weight excluding hydrogens is 178 g/mol. The second kappa shape index (κ2) is 3.19. The van der Waals surface area contributed by atoms with Crippen LogP contribution < -0.4 is 5.32 Å². The minimum atomic E-state index is -0.159. The standard InChI is InChI=1S/C11H19NO2/c1-12-10-4-8-6-11(7-9(8)5-10)13-2-3-14-11/h8-10,12H,2-7H2,1H3. The van der Waals surface area contributed by atoms with Gasteiger partial charge in [0, 0.05) is 18.9 Å². The van der Waals surface area contributed by atoms with Crippen molar-refractivity contribution in [3.63, 3.8) is 0 Å². The van der Waals surface area contributed by atoms with E-state index in [9.17, 15) is 0 Å². The van der Waals surface area contributed by atoms with Gasteiger partial charge in [-0.3, -0.25) is 0 Å². The lowest BCUT2D eigenvalue weighted by molar-refractivity contribution is -0.155. The van der Waals surface area contributed by atoms with Crippen molar-refractivity contribution in [1.82, 2.24) is 5.32 Å². The number of hydrogen-bond acceptors (Lipinski definition) is 3. The highest BCUT2D eigenvalue weighted by molar-refractivity contribution is 4.99. The predicted molar refractivity (Wildman–Crippen MR) is 52.9 cm³/mol. The van der Waals surface area contributed by atoms with E-state index in [2.05, 4.69) is 12.4 Å². The van der Waals surface area contributed by atoms with Crippen LogP contribution in [0.4, 0.5) is 0 Å². The second-order valence-corrected chi connectivity index (χ2v) is 4.99. The smallest absolute Gasteiger partial charge is 0.169 e. The van der Waals surface area contributed by atoms with Crippen molar-refractivity contribution in [2.45, 2.75) is 37.5 Å². The Morgan fingerprint density at radius 2 is 1.64 bits per heavy atom. The minimum absolute atomic E-state index is 0.159. The van der Waals surface area contributed by atoms with E-state index in [0.29, 0.717) is 0 Å². The average molecular weight is 197 g/mol. The minimum Gasteiger partial charge on any atom is -0.348 e. The van der Waals surface area contributed by atoms with Gasteiger partial charge in [-0.25, -0.2) is 0 Å². The van der Waals surface area contributed by atoms with Crippen LogP contribution in [-0.2, 0) is 9.47 Å². The Bertz CT molecular complexity index is 209. The fourth-order valence-corrected chi connectivity index (χ4v) is 3.56. The average Bonchev–Trinajstić information content (AvgIpc) is 2.81. The van der Waals surface area contributed by atoms with Crippen LogP contribution in [0.2, 0.25) is 0 Å². The Morgan fingerprint density at radius 3 is 2.14 bits per heavy atom. The molecule has 1 saturated heterocycles. The first-order valence-corrected chi connectivity index (χ1v) is 5.76. The molecule has 14 heavy (non-hydrogen) atoms. The molecule has 0 amide bonds. The summed E-state index contributed by atoms with van der Waals surface area (Å²) in [7, 11) is 2.07. The molecule has 0 aromatic rings. The van der Waals surface area contributed by atoms with Crippen LogP contribution in [0.15, 0.2) is 0 Å². The molecule has 3 fully saturated rings. The van der Waals surface area contributed by atoms with E-state index in [1.165, 1.54) is 12.8 Å².